The van der Waals surface area contributed by atoms with Gasteiger partial charge in [0.05, 0.1) is 29.4 Å². The van der Waals surface area contributed by atoms with E-state index in [2.05, 4.69) is 0 Å². The van der Waals surface area contributed by atoms with Crippen LogP contribution in [0.25, 0.3) is 0 Å². The third-order valence-electron chi connectivity index (χ3n) is 7.10. The number of Topliss-reactive ketones (excluding diaryl/α,β-unsaturated/α-hetero) is 1. The Kier molecular flexibility index (Phi) is 11.4. The summed E-state index contributed by atoms with van der Waals surface area (Å²) in [5.41, 5.74) is 3.24. The monoisotopic (exact) mass is 556 g/mol. The Balaban J connectivity index is 0.000000261. The third kappa shape index (κ3) is 7.48. The van der Waals surface area contributed by atoms with Crippen LogP contribution in [0.3, 0.4) is 0 Å². The minimum Gasteiger partial charge on any atom is -0.426 e. The fourth-order valence-electron chi connectivity index (χ4n) is 5.35. The number of rotatable bonds is 5. The lowest BCUT2D eigenvalue weighted by Gasteiger charge is -2.30. The van der Waals surface area contributed by atoms with Crippen LogP contribution in [-0.2, 0) is 20.9 Å². The predicted molar refractivity (Wildman–Crippen MR) is 162 cm³/mol. The Bertz CT molecular complexity index is 1350. The average molecular weight is 557 g/mol. The van der Waals surface area contributed by atoms with Gasteiger partial charge in [-0.15, -0.1) is 0 Å². The molecule has 7 nitrogen and oxygen atoms in total. The highest BCUT2D eigenvalue weighted by atomic mass is 16.5. The van der Waals surface area contributed by atoms with Gasteiger partial charge < -0.3 is 14.5 Å². The van der Waals surface area contributed by atoms with Crippen LogP contribution in [0, 0.1) is 5.92 Å². The normalized spacial score (nSPS) is 17.0. The summed E-state index contributed by atoms with van der Waals surface area (Å²) in [6.07, 6.45) is 3.20. The van der Waals surface area contributed by atoms with Crippen molar-refractivity contribution in [2.75, 3.05) is 9.80 Å². The van der Waals surface area contributed by atoms with E-state index >= 15 is 0 Å². The molecule has 41 heavy (non-hydrogen) atoms. The highest BCUT2D eigenvalue weighted by Crippen LogP contribution is 2.43. The van der Waals surface area contributed by atoms with E-state index in [1.165, 1.54) is 13.8 Å². The first-order valence-electron chi connectivity index (χ1n) is 14.4. The SMILES string of the molecule is CC.CC(=O)Oc1ccccc1C(C)=O.CCC(=O)N1c2ccccc2N(Cc2ccccc2)C(=O)C2CCCC21. The van der Waals surface area contributed by atoms with E-state index in [4.69, 9.17) is 4.74 Å². The number of hydrogen-bond acceptors (Lipinski definition) is 5. The van der Waals surface area contributed by atoms with Crippen molar-refractivity contribution in [1.82, 2.24) is 0 Å². The second kappa shape index (κ2) is 14.9. The van der Waals surface area contributed by atoms with Crippen molar-refractivity contribution in [3.8, 4) is 5.75 Å². The number of ether oxygens (including phenoxy) is 1. The lowest BCUT2D eigenvalue weighted by atomic mass is 10.0. The number of ketones is 1. The van der Waals surface area contributed by atoms with Crippen LogP contribution < -0.4 is 14.5 Å². The second-order valence-electron chi connectivity index (χ2n) is 9.77. The number of anilines is 2. The van der Waals surface area contributed by atoms with Crippen LogP contribution in [-0.4, -0.2) is 29.6 Å². The first-order chi connectivity index (χ1) is 19.8. The van der Waals surface area contributed by atoms with Gasteiger partial charge >= 0.3 is 5.97 Å². The van der Waals surface area contributed by atoms with E-state index in [1.54, 1.807) is 24.3 Å². The Morgan fingerprint density at radius 2 is 1.44 bits per heavy atom. The highest BCUT2D eigenvalue weighted by Gasteiger charge is 2.45. The molecule has 0 saturated heterocycles. The van der Waals surface area contributed by atoms with E-state index in [9.17, 15) is 19.2 Å². The van der Waals surface area contributed by atoms with Gasteiger partial charge in [0.15, 0.2) is 5.78 Å². The molecule has 1 heterocycles. The van der Waals surface area contributed by atoms with Crippen LogP contribution in [0.5, 0.6) is 5.75 Å². The molecule has 0 bridgehead atoms. The molecule has 0 aromatic heterocycles. The van der Waals surface area contributed by atoms with Crippen molar-refractivity contribution in [1.29, 1.82) is 0 Å². The number of amides is 2. The minimum atomic E-state index is -0.422. The predicted octanol–water partition coefficient (Wildman–Crippen LogP) is 6.99. The van der Waals surface area contributed by atoms with E-state index < -0.39 is 5.97 Å². The number of benzene rings is 3. The molecule has 5 rings (SSSR count). The smallest absolute Gasteiger partial charge is 0.308 e. The van der Waals surface area contributed by atoms with Crippen molar-refractivity contribution in [3.63, 3.8) is 0 Å². The Morgan fingerprint density at radius 1 is 0.829 bits per heavy atom. The molecule has 0 spiro atoms. The minimum absolute atomic E-state index is 0.0168. The molecule has 0 N–H and O–H groups in total. The maximum atomic E-state index is 13.4. The highest BCUT2D eigenvalue weighted by molar-refractivity contribution is 6.06. The molecule has 1 saturated carbocycles. The number of nitrogens with zero attached hydrogens (tertiary/aromatic N) is 2. The Hall–Kier alpha value is -4.26. The van der Waals surface area contributed by atoms with Crippen LogP contribution in [0.4, 0.5) is 11.4 Å². The van der Waals surface area contributed by atoms with E-state index in [-0.39, 0.29) is 29.6 Å². The van der Waals surface area contributed by atoms with Gasteiger partial charge in [-0.2, -0.15) is 0 Å². The maximum Gasteiger partial charge on any atom is 0.308 e. The van der Waals surface area contributed by atoms with Crippen molar-refractivity contribution in [3.05, 3.63) is 90.0 Å². The summed E-state index contributed by atoms with van der Waals surface area (Å²) in [6.45, 7) is 9.16. The number of para-hydroxylation sites is 3. The molecule has 2 unspecified atom stereocenters. The third-order valence-corrected chi connectivity index (χ3v) is 7.10. The number of carbonyl (C=O) groups is 4. The molecule has 216 valence electrons. The van der Waals surface area contributed by atoms with Crippen molar-refractivity contribution >= 4 is 34.9 Å². The van der Waals surface area contributed by atoms with Gasteiger partial charge in [0.1, 0.15) is 5.75 Å². The molecule has 3 aromatic carbocycles. The molecule has 1 fully saturated rings. The molecule has 3 aromatic rings. The second-order valence-corrected chi connectivity index (χ2v) is 9.77. The van der Waals surface area contributed by atoms with Gasteiger partial charge in [0.25, 0.3) is 0 Å². The van der Waals surface area contributed by atoms with E-state index in [0.29, 0.717) is 24.3 Å². The number of carbonyl (C=O) groups excluding carboxylic acids is 4. The zero-order chi connectivity index (χ0) is 29.9. The van der Waals surface area contributed by atoms with Gasteiger partial charge in [0.2, 0.25) is 11.8 Å². The zero-order valence-electron chi connectivity index (χ0n) is 24.6. The van der Waals surface area contributed by atoms with E-state index in [0.717, 1.165) is 36.2 Å². The fourth-order valence-corrected chi connectivity index (χ4v) is 5.35. The summed E-state index contributed by atoms with van der Waals surface area (Å²) in [6, 6.07) is 24.5. The fraction of sp³-hybridized carbons (Fsp3) is 0.353. The Labute approximate surface area is 243 Å². The van der Waals surface area contributed by atoms with Crippen LogP contribution in [0.1, 0.15) is 76.2 Å². The summed E-state index contributed by atoms with van der Waals surface area (Å²) in [5, 5.41) is 0. The molecule has 2 aliphatic rings. The van der Waals surface area contributed by atoms with Crippen LogP contribution >= 0.6 is 0 Å². The lowest BCUT2D eigenvalue weighted by molar-refractivity contribution is -0.132. The molecule has 2 atom stereocenters. The zero-order valence-corrected chi connectivity index (χ0v) is 24.6. The summed E-state index contributed by atoms with van der Waals surface area (Å²) in [7, 11) is 0. The average Bonchev–Trinajstić information content (AvgIpc) is 3.44. The first kappa shape index (κ1) is 31.3. The lowest BCUT2D eigenvalue weighted by Crippen LogP contribution is -2.44. The summed E-state index contributed by atoms with van der Waals surface area (Å²) >= 11 is 0. The number of fused-ring (bicyclic) bond motifs is 2. The number of esters is 1. The van der Waals surface area contributed by atoms with Crippen LogP contribution in [0.15, 0.2) is 78.9 Å². The molecule has 1 aliphatic heterocycles. The van der Waals surface area contributed by atoms with E-state index in [1.807, 2.05) is 85.2 Å². The molecule has 7 heteroatoms. The van der Waals surface area contributed by atoms with Crippen LogP contribution in [0.2, 0.25) is 0 Å². The van der Waals surface area contributed by atoms with Gasteiger partial charge in [0, 0.05) is 19.4 Å². The molecule has 0 radical (unpaired) electrons. The molecular weight excluding hydrogens is 516 g/mol. The topological polar surface area (TPSA) is 84.0 Å². The van der Waals surface area contributed by atoms with Gasteiger partial charge in [-0.05, 0) is 49.6 Å². The Morgan fingerprint density at radius 3 is 2.07 bits per heavy atom. The number of hydrogen-bond donors (Lipinski definition) is 0. The molecular formula is C34H40N2O5. The van der Waals surface area contributed by atoms with Crippen molar-refractivity contribution in [2.45, 2.75) is 72.9 Å². The molecule has 2 amide bonds. The van der Waals surface area contributed by atoms with Gasteiger partial charge in [-0.25, -0.2) is 0 Å². The largest absolute Gasteiger partial charge is 0.426 e. The standard InChI is InChI=1S/C22H24N2O2.C10H10O3.C2H6/c1-2-21(25)24-18-14-8-11-17(18)22(26)23(15-16-9-4-3-5-10-16)19-12-6-7-13-20(19)24;1-7(11)9-5-3-4-6-10(9)13-8(2)12;1-2/h3-7,9-10,12-13,17-18H,2,8,11,14-15H2,1H3;3-6H,1-2H3;1-2H3. The maximum absolute atomic E-state index is 13.4. The summed E-state index contributed by atoms with van der Waals surface area (Å²) in [5.74, 6) is -0.0754. The quantitative estimate of drug-likeness (QED) is 0.192. The summed E-state index contributed by atoms with van der Waals surface area (Å²) in [4.78, 5) is 51.7. The van der Waals surface area contributed by atoms with Gasteiger partial charge in [-0.3, -0.25) is 19.2 Å². The van der Waals surface area contributed by atoms with Crippen molar-refractivity contribution in [2.24, 2.45) is 5.92 Å². The molecule has 1 aliphatic carbocycles. The van der Waals surface area contributed by atoms with Crippen molar-refractivity contribution < 1.29 is 23.9 Å². The summed E-state index contributed by atoms with van der Waals surface area (Å²) < 4.78 is 4.85. The first-order valence-corrected chi connectivity index (χ1v) is 14.4. The van der Waals surface area contributed by atoms with Gasteiger partial charge in [-0.1, -0.05) is 81.8 Å².